The molecule has 0 aliphatic rings. The largest absolute Gasteiger partial charge is 0.463 e. The molecule has 38 heavy (non-hydrogen) atoms. The van der Waals surface area contributed by atoms with Crippen molar-refractivity contribution >= 4 is 35.4 Å². The van der Waals surface area contributed by atoms with Crippen LogP contribution in [0.15, 0.2) is 71.8 Å². The number of thioether (sulfide) groups is 1. The number of aromatic nitrogens is 4. The summed E-state index contributed by atoms with van der Waals surface area (Å²) in [6.07, 6.45) is 1.78. The second-order valence-electron chi connectivity index (χ2n) is 8.08. The fraction of sp³-hybridized carbons (Fsp3) is 0.185. The zero-order chi connectivity index (χ0) is 27.3. The molecule has 0 bridgehead atoms. The summed E-state index contributed by atoms with van der Waals surface area (Å²) in [5.41, 5.74) is 1.74. The predicted octanol–water partition coefficient (Wildman–Crippen LogP) is 6.70. The predicted molar refractivity (Wildman–Crippen MR) is 142 cm³/mol. The van der Waals surface area contributed by atoms with Crippen molar-refractivity contribution in [1.29, 1.82) is 0 Å². The standard InChI is InChI=1S/C27H24F3N5O2S/c1-4-37-24(36)12-11-18-7-5-8-19(14-18)22-16-31-26(32-20-9-6-10-21(15-20)38-3)33-25(22)35-17(2)13-23(34-35)27(28,29)30/h5-16H,4H2,1-3H3,(H,31,32,33)/b12-11+. The maximum absolute atomic E-state index is 13.4. The summed E-state index contributed by atoms with van der Waals surface area (Å²) in [5.74, 6) is -0.110. The van der Waals surface area contributed by atoms with Crippen LogP contribution >= 0.6 is 11.8 Å². The SMILES string of the molecule is CCOC(=O)/C=C/c1cccc(-c2cnc(Nc3cccc(SC)c3)nc2-n2nc(C(F)(F)F)cc2C)c1. The van der Waals surface area contributed by atoms with Gasteiger partial charge in [0, 0.05) is 34.1 Å². The molecule has 2 heterocycles. The fourth-order valence-electron chi connectivity index (χ4n) is 3.62. The second kappa shape index (κ2) is 11.5. The van der Waals surface area contributed by atoms with Crippen molar-refractivity contribution in [3.05, 3.63) is 83.8 Å². The van der Waals surface area contributed by atoms with Crippen LogP contribution in [0, 0.1) is 6.92 Å². The Hall–Kier alpha value is -4.12. The molecule has 1 N–H and O–H groups in total. The number of carbonyl (C=O) groups excluding carboxylic acids is 1. The number of alkyl halides is 3. The number of ether oxygens (including phenoxy) is 1. The molecular formula is C27H24F3N5O2S. The van der Waals surface area contributed by atoms with Crippen molar-refractivity contribution in [3.8, 4) is 16.9 Å². The third-order valence-corrected chi connectivity index (χ3v) is 6.09. The first-order valence-electron chi connectivity index (χ1n) is 11.6. The first kappa shape index (κ1) is 26.9. The number of nitrogens with zero attached hydrogens (tertiary/aromatic N) is 4. The van der Waals surface area contributed by atoms with Crippen molar-refractivity contribution in [3.63, 3.8) is 0 Å². The first-order chi connectivity index (χ1) is 18.2. The molecule has 0 saturated carbocycles. The lowest BCUT2D eigenvalue weighted by molar-refractivity contribution is -0.141. The lowest BCUT2D eigenvalue weighted by atomic mass is 10.0. The van der Waals surface area contributed by atoms with Gasteiger partial charge >= 0.3 is 12.1 Å². The van der Waals surface area contributed by atoms with Crippen molar-refractivity contribution in [1.82, 2.24) is 19.7 Å². The minimum absolute atomic E-state index is 0.169. The van der Waals surface area contributed by atoms with E-state index in [1.54, 1.807) is 49.0 Å². The van der Waals surface area contributed by atoms with Gasteiger partial charge in [-0.1, -0.05) is 24.3 Å². The topological polar surface area (TPSA) is 81.9 Å². The number of carbonyl (C=O) groups is 1. The van der Waals surface area contributed by atoms with Gasteiger partial charge in [0.2, 0.25) is 5.95 Å². The van der Waals surface area contributed by atoms with Crippen LogP contribution in [-0.4, -0.2) is 38.6 Å². The highest BCUT2D eigenvalue weighted by Crippen LogP contribution is 2.32. The summed E-state index contributed by atoms with van der Waals surface area (Å²) in [6.45, 7) is 3.50. The minimum Gasteiger partial charge on any atom is -0.463 e. The van der Waals surface area contributed by atoms with Gasteiger partial charge in [0.25, 0.3) is 0 Å². The summed E-state index contributed by atoms with van der Waals surface area (Å²) in [6, 6.07) is 15.7. The van der Waals surface area contributed by atoms with E-state index in [0.717, 1.165) is 21.3 Å². The number of benzene rings is 2. The quantitative estimate of drug-likeness (QED) is 0.152. The highest BCUT2D eigenvalue weighted by Gasteiger charge is 2.35. The molecule has 4 rings (SSSR count). The smallest absolute Gasteiger partial charge is 0.435 e. The number of rotatable bonds is 8. The molecule has 0 radical (unpaired) electrons. The molecule has 2 aromatic heterocycles. The van der Waals surface area contributed by atoms with E-state index in [1.165, 1.54) is 19.2 Å². The Morgan fingerprint density at radius 2 is 1.95 bits per heavy atom. The van der Waals surface area contributed by atoms with Gasteiger partial charge in [-0.2, -0.15) is 23.3 Å². The molecule has 2 aromatic carbocycles. The second-order valence-corrected chi connectivity index (χ2v) is 8.96. The number of esters is 1. The molecule has 0 aliphatic carbocycles. The molecule has 11 heteroatoms. The van der Waals surface area contributed by atoms with Crippen LogP contribution in [0.5, 0.6) is 0 Å². The molecule has 0 spiro atoms. The fourth-order valence-corrected chi connectivity index (χ4v) is 4.08. The Morgan fingerprint density at radius 1 is 1.16 bits per heavy atom. The Labute approximate surface area is 221 Å². The normalized spacial score (nSPS) is 11.6. The number of halogens is 3. The summed E-state index contributed by atoms with van der Waals surface area (Å²) in [7, 11) is 0. The van der Waals surface area contributed by atoms with Crippen molar-refractivity contribution in [2.75, 3.05) is 18.2 Å². The lowest BCUT2D eigenvalue weighted by Gasteiger charge is -2.14. The average molecular weight is 540 g/mol. The van der Waals surface area contributed by atoms with E-state index in [9.17, 15) is 18.0 Å². The van der Waals surface area contributed by atoms with Gasteiger partial charge in [-0.3, -0.25) is 0 Å². The van der Waals surface area contributed by atoms with E-state index in [4.69, 9.17) is 4.74 Å². The molecule has 196 valence electrons. The molecule has 7 nitrogen and oxygen atoms in total. The van der Waals surface area contributed by atoms with E-state index in [-0.39, 0.29) is 24.1 Å². The maximum atomic E-state index is 13.4. The Kier molecular flexibility index (Phi) is 8.16. The number of hydrogen-bond donors (Lipinski definition) is 1. The third kappa shape index (κ3) is 6.41. The molecular weight excluding hydrogens is 515 g/mol. The van der Waals surface area contributed by atoms with Gasteiger partial charge < -0.3 is 10.1 Å². The van der Waals surface area contributed by atoms with E-state index in [0.29, 0.717) is 16.7 Å². The molecule has 0 unspecified atom stereocenters. The highest BCUT2D eigenvalue weighted by molar-refractivity contribution is 7.98. The summed E-state index contributed by atoms with van der Waals surface area (Å²) in [5, 5.41) is 6.93. The Morgan fingerprint density at radius 3 is 2.66 bits per heavy atom. The summed E-state index contributed by atoms with van der Waals surface area (Å²) in [4.78, 5) is 21.7. The zero-order valence-electron chi connectivity index (χ0n) is 20.8. The number of anilines is 2. The van der Waals surface area contributed by atoms with E-state index in [2.05, 4.69) is 20.4 Å². The van der Waals surface area contributed by atoms with E-state index >= 15 is 0 Å². The maximum Gasteiger partial charge on any atom is 0.435 e. The molecule has 0 saturated heterocycles. The Bertz CT molecular complexity index is 1480. The Balaban J connectivity index is 1.80. The summed E-state index contributed by atoms with van der Waals surface area (Å²) < 4.78 is 46.4. The van der Waals surface area contributed by atoms with Crippen molar-refractivity contribution < 1.29 is 22.7 Å². The van der Waals surface area contributed by atoms with Crippen LogP contribution in [0.3, 0.4) is 0 Å². The monoisotopic (exact) mass is 539 g/mol. The molecule has 0 amide bonds. The summed E-state index contributed by atoms with van der Waals surface area (Å²) >= 11 is 1.57. The highest BCUT2D eigenvalue weighted by atomic mass is 32.2. The van der Waals surface area contributed by atoms with Crippen LogP contribution in [-0.2, 0) is 15.7 Å². The van der Waals surface area contributed by atoms with Crippen LogP contribution in [0.4, 0.5) is 24.8 Å². The minimum atomic E-state index is -4.61. The number of hydrogen-bond acceptors (Lipinski definition) is 7. The van der Waals surface area contributed by atoms with Gasteiger partial charge in [-0.25, -0.2) is 14.5 Å². The molecule has 4 aromatic rings. The number of aryl methyl sites for hydroxylation is 1. The van der Waals surface area contributed by atoms with Gasteiger partial charge in [0.1, 0.15) is 0 Å². The van der Waals surface area contributed by atoms with E-state index in [1.807, 2.05) is 30.5 Å². The lowest BCUT2D eigenvalue weighted by Crippen LogP contribution is -2.10. The zero-order valence-corrected chi connectivity index (χ0v) is 21.6. The molecule has 0 aliphatic heterocycles. The number of nitrogens with one attached hydrogen (secondary N) is 1. The van der Waals surface area contributed by atoms with Crippen molar-refractivity contribution in [2.45, 2.75) is 24.9 Å². The van der Waals surface area contributed by atoms with Crippen LogP contribution in [0.1, 0.15) is 23.9 Å². The van der Waals surface area contributed by atoms with Crippen molar-refractivity contribution in [2.24, 2.45) is 0 Å². The van der Waals surface area contributed by atoms with Gasteiger partial charge in [0.15, 0.2) is 11.5 Å². The van der Waals surface area contributed by atoms with Crippen LogP contribution in [0.2, 0.25) is 0 Å². The first-order valence-corrected chi connectivity index (χ1v) is 12.8. The van der Waals surface area contributed by atoms with Crippen LogP contribution in [0.25, 0.3) is 23.0 Å². The van der Waals surface area contributed by atoms with Crippen LogP contribution < -0.4 is 5.32 Å². The van der Waals surface area contributed by atoms with Gasteiger partial charge in [0.05, 0.1) is 6.61 Å². The molecule has 0 atom stereocenters. The van der Waals surface area contributed by atoms with Gasteiger partial charge in [-0.05, 0) is 67.6 Å². The average Bonchev–Trinajstić information content (AvgIpc) is 3.30. The third-order valence-electron chi connectivity index (χ3n) is 5.37. The van der Waals surface area contributed by atoms with E-state index < -0.39 is 17.8 Å². The van der Waals surface area contributed by atoms with Gasteiger partial charge in [-0.15, -0.1) is 11.8 Å². The molecule has 0 fully saturated rings.